The van der Waals surface area contributed by atoms with Crippen LogP contribution in [0.1, 0.15) is 40.5 Å². The van der Waals surface area contributed by atoms with Crippen LogP contribution in [-0.4, -0.2) is 77.9 Å². The van der Waals surface area contributed by atoms with Crippen LogP contribution in [0.3, 0.4) is 0 Å². The van der Waals surface area contributed by atoms with E-state index in [4.69, 9.17) is 0 Å². The van der Waals surface area contributed by atoms with Gasteiger partial charge in [0.2, 0.25) is 11.8 Å². The zero-order valence-corrected chi connectivity index (χ0v) is 18.2. The highest BCUT2D eigenvalue weighted by atomic mass is 19.1. The Morgan fingerprint density at radius 3 is 1.93 bits per heavy atom. The summed E-state index contributed by atoms with van der Waals surface area (Å²) in [6.07, 6.45) is 1.90. The molecule has 1 aliphatic rings. The van der Waals surface area contributed by atoms with Crippen molar-refractivity contribution >= 4 is 17.5 Å². The minimum Gasteiger partial charge on any atom is -0.336 e. The first-order valence-corrected chi connectivity index (χ1v) is 10.6. The van der Waals surface area contributed by atoms with Crippen LogP contribution < -0.4 is 5.32 Å². The van der Waals surface area contributed by atoms with Gasteiger partial charge in [0.1, 0.15) is 5.82 Å². The van der Waals surface area contributed by atoms with Crippen LogP contribution in [-0.2, 0) is 9.59 Å². The fourth-order valence-electron chi connectivity index (χ4n) is 3.63. The SMILES string of the molecule is CC[C@H](C)N(C(=O)CN1CCN(CC(=O)Nc2ccc(F)cc2)CC1)[C@@H](C)CC. The summed E-state index contributed by atoms with van der Waals surface area (Å²) in [6, 6.07) is 6.25. The number of nitrogens with zero attached hydrogens (tertiary/aromatic N) is 3. The van der Waals surface area contributed by atoms with Gasteiger partial charge < -0.3 is 10.2 Å². The molecule has 7 heteroatoms. The predicted molar refractivity (Wildman–Crippen MR) is 114 cm³/mol. The molecule has 29 heavy (non-hydrogen) atoms. The lowest BCUT2D eigenvalue weighted by Gasteiger charge is -2.38. The minimum atomic E-state index is -0.325. The van der Waals surface area contributed by atoms with E-state index in [0.29, 0.717) is 18.8 Å². The van der Waals surface area contributed by atoms with E-state index in [1.807, 2.05) is 4.90 Å². The Morgan fingerprint density at radius 2 is 1.45 bits per heavy atom. The standard InChI is InChI=1S/C22H35FN4O2/c1-5-17(3)27(18(4)6-2)22(29)16-26-13-11-25(12-14-26)15-21(28)24-20-9-7-19(23)8-10-20/h7-10,17-18H,5-6,11-16H2,1-4H3,(H,24,28)/t17-,18-/m0/s1. The Bertz CT molecular complexity index is 649. The van der Waals surface area contributed by atoms with Gasteiger partial charge in [0.15, 0.2) is 0 Å². The Kier molecular flexibility index (Phi) is 9.04. The molecule has 1 fully saturated rings. The highest BCUT2D eigenvalue weighted by Crippen LogP contribution is 2.14. The molecule has 1 aromatic carbocycles. The van der Waals surface area contributed by atoms with Crippen LogP contribution in [0.2, 0.25) is 0 Å². The molecule has 0 bridgehead atoms. The van der Waals surface area contributed by atoms with Gasteiger partial charge in [-0.2, -0.15) is 0 Å². The molecule has 0 aliphatic carbocycles. The average Bonchev–Trinajstić information content (AvgIpc) is 2.71. The third-order valence-corrected chi connectivity index (χ3v) is 5.74. The highest BCUT2D eigenvalue weighted by molar-refractivity contribution is 5.92. The van der Waals surface area contributed by atoms with Gasteiger partial charge in [-0.1, -0.05) is 13.8 Å². The number of benzene rings is 1. The predicted octanol–water partition coefficient (Wildman–Crippen LogP) is 2.81. The lowest BCUT2D eigenvalue weighted by atomic mass is 10.1. The number of amides is 2. The van der Waals surface area contributed by atoms with E-state index >= 15 is 0 Å². The first kappa shape index (κ1) is 23.3. The molecule has 6 nitrogen and oxygen atoms in total. The van der Waals surface area contributed by atoms with Gasteiger partial charge in [-0.3, -0.25) is 19.4 Å². The second-order valence-corrected chi connectivity index (χ2v) is 7.92. The lowest BCUT2D eigenvalue weighted by Crippen LogP contribution is -2.53. The molecule has 1 aromatic rings. The summed E-state index contributed by atoms with van der Waals surface area (Å²) in [6.45, 7) is 12.2. The first-order valence-electron chi connectivity index (χ1n) is 10.6. The lowest BCUT2D eigenvalue weighted by molar-refractivity contribution is -0.137. The molecule has 2 rings (SSSR count). The second-order valence-electron chi connectivity index (χ2n) is 7.92. The van der Waals surface area contributed by atoms with Crippen molar-refractivity contribution < 1.29 is 14.0 Å². The van der Waals surface area contributed by atoms with Crippen LogP contribution in [0.4, 0.5) is 10.1 Å². The van der Waals surface area contributed by atoms with E-state index in [-0.39, 0.29) is 29.7 Å². The van der Waals surface area contributed by atoms with Crippen molar-refractivity contribution in [2.24, 2.45) is 0 Å². The molecule has 0 unspecified atom stereocenters. The van der Waals surface area contributed by atoms with Crippen molar-refractivity contribution in [3.63, 3.8) is 0 Å². The monoisotopic (exact) mass is 406 g/mol. The second kappa shape index (κ2) is 11.3. The molecule has 2 atom stereocenters. The molecule has 162 valence electrons. The topological polar surface area (TPSA) is 55.9 Å². The zero-order valence-electron chi connectivity index (χ0n) is 18.2. The number of piperazine rings is 1. The first-order chi connectivity index (χ1) is 13.8. The Labute approximate surface area is 174 Å². The number of hydrogen-bond donors (Lipinski definition) is 1. The third-order valence-electron chi connectivity index (χ3n) is 5.74. The van der Waals surface area contributed by atoms with E-state index in [1.54, 1.807) is 12.1 Å². The maximum absolute atomic E-state index is 12.9. The van der Waals surface area contributed by atoms with E-state index in [1.165, 1.54) is 12.1 Å². The number of halogens is 1. The summed E-state index contributed by atoms with van der Waals surface area (Å²) in [4.78, 5) is 31.4. The van der Waals surface area contributed by atoms with Crippen LogP contribution in [0.15, 0.2) is 24.3 Å². The molecule has 0 radical (unpaired) electrons. The normalized spacial score (nSPS) is 17.6. The van der Waals surface area contributed by atoms with Gasteiger partial charge in [0.05, 0.1) is 13.1 Å². The smallest absolute Gasteiger partial charge is 0.238 e. The maximum atomic E-state index is 12.9. The highest BCUT2D eigenvalue weighted by Gasteiger charge is 2.27. The Hall–Kier alpha value is -1.99. The number of carbonyl (C=O) groups excluding carboxylic acids is 2. The molecule has 0 aromatic heterocycles. The summed E-state index contributed by atoms with van der Waals surface area (Å²) >= 11 is 0. The fraction of sp³-hybridized carbons (Fsp3) is 0.636. The van der Waals surface area contributed by atoms with Crippen LogP contribution in [0, 0.1) is 5.82 Å². The number of rotatable bonds is 9. The molecular weight excluding hydrogens is 371 g/mol. The van der Waals surface area contributed by atoms with E-state index < -0.39 is 0 Å². The number of carbonyl (C=O) groups is 2. The number of hydrogen-bond acceptors (Lipinski definition) is 4. The molecule has 2 amide bonds. The van der Waals surface area contributed by atoms with Crippen molar-refractivity contribution in [2.45, 2.75) is 52.6 Å². The summed E-state index contributed by atoms with van der Waals surface area (Å²) in [7, 11) is 0. The molecule has 0 spiro atoms. The summed E-state index contributed by atoms with van der Waals surface area (Å²) < 4.78 is 12.9. The molecule has 0 saturated carbocycles. The number of anilines is 1. The van der Waals surface area contributed by atoms with Gasteiger partial charge in [-0.05, 0) is 51.0 Å². The average molecular weight is 407 g/mol. The van der Waals surface area contributed by atoms with Crippen LogP contribution >= 0.6 is 0 Å². The molecule has 1 aliphatic heterocycles. The van der Waals surface area contributed by atoms with E-state index in [0.717, 1.165) is 39.0 Å². The molecule has 1 N–H and O–H groups in total. The van der Waals surface area contributed by atoms with Gasteiger partial charge in [0.25, 0.3) is 0 Å². The van der Waals surface area contributed by atoms with Gasteiger partial charge >= 0.3 is 0 Å². The van der Waals surface area contributed by atoms with Gasteiger partial charge in [0, 0.05) is 44.0 Å². The number of nitrogens with one attached hydrogen (secondary N) is 1. The van der Waals surface area contributed by atoms with Crippen molar-refractivity contribution in [2.75, 3.05) is 44.6 Å². The quantitative estimate of drug-likeness (QED) is 0.685. The van der Waals surface area contributed by atoms with E-state index in [2.05, 4.69) is 42.8 Å². The van der Waals surface area contributed by atoms with Crippen LogP contribution in [0.25, 0.3) is 0 Å². The summed E-state index contributed by atoms with van der Waals surface area (Å²) in [5.41, 5.74) is 0.593. The van der Waals surface area contributed by atoms with Crippen molar-refractivity contribution in [1.82, 2.24) is 14.7 Å². The minimum absolute atomic E-state index is 0.110. The molecule has 1 saturated heterocycles. The van der Waals surface area contributed by atoms with Crippen LogP contribution in [0.5, 0.6) is 0 Å². The molecular formula is C22H35FN4O2. The van der Waals surface area contributed by atoms with Crippen molar-refractivity contribution in [3.05, 3.63) is 30.1 Å². The van der Waals surface area contributed by atoms with Gasteiger partial charge in [-0.15, -0.1) is 0 Å². The third kappa shape index (κ3) is 7.08. The molecule has 1 heterocycles. The summed E-state index contributed by atoms with van der Waals surface area (Å²) in [5, 5.41) is 2.79. The Morgan fingerprint density at radius 1 is 0.966 bits per heavy atom. The van der Waals surface area contributed by atoms with Crippen molar-refractivity contribution in [3.8, 4) is 0 Å². The fourth-order valence-corrected chi connectivity index (χ4v) is 3.63. The van der Waals surface area contributed by atoms with Crippen molar-refractivity contribution in [1.29, 1.82) is 0 Å². The summed E-state index contributed by atoms with van der Waals surface area (Å²) in [5.74, 6) is -0.244. The largest absolute Gasteiger partial charge is 0.336 e. The maximum Gasteiger partial charge on any atom is 0.238 e. The van der Waals surface area contributed by atoms with E-state index in [9.17, 15) is 14.0 Å². The Balaban J connectivity index is 1.78. The van der Waals surface area contributed by atoms with Gasteiger partial charge in [-0.25, -0.2) is 4.39 Å². The zero-order chi connectivity index (χ0) is 21.4.